The molecule has 2 aromatic carbocycles. The molecule has 0 saturated carbocycles. The molecule has 2 amide bonds. The van der Waals surface area contributed by atoms with Crippen LogP contribution in [-0.2, 0) is 15.0 Å². The van der Waals surface area contributed by atoms with Crippen molar-refractivity contribution < 1.29 is 18.4 Å². The van der Waals surface area contributed by atoms with E-state index in [-0.39, 0.29) is 29.9 Å². The van der Waals surface area contributed by atoms with Gasteiger partial charge < -0.3 is 10.2 Å². The zero-order valence-corrected chi connectivity index (χ0v) is 23.1. The fourth-order valence-corrected chi connectivity index (χ4v) is 5.61. The zero-order valence-electron chi connectivity index (χ0n) is 22.3. The van der Waals surface area contributed by atoms with E-state index in [1.807, 2.05) is 39.8 Å². The molecule has 38 heavy (non-hydrogen) atoms. The van der Waals surface area contributed by atoms with Crippen LogP contribution in [0.25, 0.3) is 5.69 Å². The van der Waals surface area contributed by atoms with Crippen molar-refractivity contribution in [2.45, 2.75) is 31.4 Å². The highest BCUT2D eigenvalue weighted by Gasteiger charge is 2.40. The van der Waals surface area contributed by atoms with Crippen LogP contribution in [0, 0.1) is 11.6 Å². The van der Waals surface area contributed by atoms with E-state index in [1.54, 1.807) is 35.0 Å². The normalized spacial score (nSPS) is 15.9. The van der Waals surface area contributed by atoms with E-state index >= 15 is 4.39 Å². The number of carbonyl (C=O) groups excluding carboxylic acids is 2. The standard InChI is InChI=1S/C28H33F2N5O2S/c1-28(2,3)26-24-25(20-8-6-7-9-21(20)30)38-17-23(37)34(16-22(36)31-14-15-33(4)5)27(24)35(32-26)19-12-10-18(29)11-13-19/h6-13,25H,14-17H2,1-5H3,(H,31,36). The highest BCUT2D eigenvalue weighted by atomic mass is 32.2. The van der Waals surface area contributed by atoms with Gasteiger partial charge in [-0.1, -0.05) is 39.0 Å². The van der Waals surface area contributed by atoms with Crippen LogP contribution in [0.4, 0.5) is 14.6 Å². The van der Waals surface area contributed by atoms with Crippen LogP contribution in [-0.4, -0.2) is 66.0 Å². The number of likely N-dealkylation sites (N-methyl/N-ethyl adjacent to an activating group) is 1. The molecule has 1 aliphatic rings. The smallest absolute Gasteiger partial charge is 0.240 e. The van der Waals surface area contributed by atoms with E-state index in [9.17, 15) is 14.0 Å². The van der Waals surface area contributed by atoms with Crippen LogP contribution >= 0.6 is 11.8 Å². The van der Waals surface area contributed by atoms with Gasteiger partial charge in [0.25, 0.3) is 0 Å². The largest absolute Gasteiger partial charge is 0.353 e. The maximum atomic E-state index is 15.2. The Hall–Kier alpha value is -3.24. The van der Waals surface area contributed by atoms with Crippen molar-refractivity contribution in [3.63, 3.8) is 0 Å². The van der Waals surface area contributed by atoms with Crippen molar-refractivity contribution in [3.05, 3.63) is 77.0 Å². The van der Waals surface area contributed by atoms with Crippen LogP contribution in [0.2, 0.25) is 0 Å². The van der Waals surface area contributed by atoms with E-state index in [4.69, 9.17) is 5.10 Å². The van der Waals surface area contributed by atoms with Crippen molar-refractivity contribution in [2.75, 3.05) is 44.4 Å². The van der Waals surface area contributed by atoms with Crippen LogP contribution in [0.5, 0.6) is 0 Å². The van der Waals surface area contributed by atoms with Crippen LogP contribution in [0.15, 0.2) is 48.5 Å². The second-order valence-corrected chi connectivity index (χ2v) is 11.7. The van der Waals surface area contributed by atoms with E-state index in [0.717, 1.165) is 0 Å². The first-order chi connectivity index (χ1) is 18.0. The number of carbonyl (C=O) groups is 2. The minimum Gasteiger partial charge on any atom is -0.353 e. The molecule has 0 spiro atoms. The summed E-state index contributed by atoms with van der Waals surface area (Å²) in [7, 11) is 3.82. The van der Waals surface area contributed by atoms with Gasteiger partial charge >= 0.3 is 0 Å². The van der Waals surface area contributed by atoms with Crippen molar-refractivity contribution >= 4 is 29.4 Å². The second kappa shape index (κ2) is 11.2. The van der Waals surface area contributed by atoms with Crippen LogP contribution in [0.3, 0.4) is 0 Å². The topological polar surface area (TPSA) is 70.5 Å². The van der Waals surface area contributed by atoms with Gasteiger partial charge in [-0.25, -0.2) is 13.5 Å². The van der Waals surface area contributed by atoms with Crippen molar-refractivity contribution in [3.8, 4) is 5.69 Å². The first kappa shape index (κ1) is 27.8. The summed E-state index contributed by atoms with van der Waals surface area (Å²) in [6.07, 6.45) is 0. The third kappa shape index (κ3) is 5.91. The Bertz CT molecular complexity index is 1320. The third-order valence-corrected chi connectivity index (χ3v) is 7.48. The van der Waals surface area contributed by atoms with Crippen molar-refractivity contribution in [1.29, 1.82) is 0 Å². The van der Waals surface area contributed by atoms with E-state index < -0.39 is 16.5 Å². The number of aromatic nitrogens is 2. The number of benzene rings is 2. The van der Waals surface area contributed by atoms with Crippen LogP contribution in [0.1, 0.15) is 42.8 Å². The molecule has 0 fully saturated rings. The molecule has 1 aromatic heterocycles. The summed E-state index contributed by atoms with van der Waals surface area (Å²) >= 11 is 1.31. The predicted molar refractivity (Wildman–Crippen MR) is 147 cm³/mol. The number of thioether (sulfide) groups is 1. The molecule has 0 radical (unpaired) electrons. The van der Waals surface area contributed by atoms with Gasteiger partial charge in [-0.05, 0) is 44.4 Å². The summed E-state index contributed by atoms with van der Waals surface area (Å²) in [5.74, 6) is -0.950. The molecule has 1 unspecified atom stereocenters. The molecule has 1 N–H and O–H groups in total. The molecule has 3 aromatic rings. The molecule has 4 rings (SSSR count). The van der Waals surface area contributed by atoms with Gasteiger partial charge in [0.1, 0.15) is 24.0 Å². The summed E-state index contributed by atoms with van der Waals surface area (Å²) in [5, 5.41) is 7.24. The Morgan fingerprint density at radius 3 is 2.45 bits per heavy atom. The Balaban J connectivity index is 1.93. The van der Waals surface area contributed by atoms with Gasteiger partial charge in [-0.15, -0.1) is 11.8 Å². The fourth-order valence-electron chi connectivity index (χ4n) is 4.39. The van der Waals surface area contributed by atoms with E-state index in [0.29, 0.717) is 41.4 Å². The highest BCUT2D eigenvalue weighted by Crippen LogP contribution is 2.48. The average Bonchev–Trinajstić information content (AvgIpc) is 3.18. The molecule has 1 atom stereocenters. The Morgan fingerprint density at radius 2 is 1.82 bits per heavy atom. The summed E-state index contributed by atoms with van der Waals surface area (Å²) in [5.41, 5.74) is 1.83. The van der Waals surface area contributed by atoms with Gasteiger partial charge in [-0.3, -0.25) is 14.5 Å². The minimum atomic E-state index is -0.541. The van der Waals surface area contributed by atoms with E-state index in [1.165, 1.54) is 34.9 Å². The fraction of sp³-hybridized carbons (Fsp3) is 0.393. The molecule has 7 nitrogen and oxygen atoms in total. The number of nitrogens with zero attached hydrogens (tertiary/aromatic N) is 4. The molecular weight excluding hydrogens is 508 g/mol. The molecule has 0 aliphatic carbocycles. The minimum absolute atomic E-state index is 0.0473. The second-order valence-electron chi connectivity index (χ2n) is 10.6. The molecular formula is C28H33F2N5O2S. The van der Waals surface area contributed by atoms with Gasteiger partial charge in [0, 0.05) is 29.6 Å². The van der Waals surface area contributed by atoms with Crippen molar-refractivity contribution in [1.82, 2.24) is 20.0 Å². The Morgan fingerprint density at radius 1 is 1.13 bits per heavy atom. The number of rotatable bonds is 7. The SMILES string of the molecule is CN(C)CCNC(=O)CN1C(=O)CSC(c2ccccc2F)c2c(C(C)(C)C)nn(-c3ccc(F)cc3)c21. The lowest BCUT2D eigenvalue weighted by atomic mass is 9.87. The number of amides is 2. The molecule has 2 heterocycles. The lowest BCUT2D eigenvalue weighted by Crippen LogP contribution is -2.43. The number of hydrogen-bond acceptors (Lipinski definition) is 5. The van der Waals surface area contributed by atoms with Gasteiger partial charge in [0.15, 0.2) is 0 Å². The zero-order chi connectivity index (χ0) is 27.6. The van der Waals surface area contributed by atoms with Gasteiger partial charge in [-0.2, -0.15) is 5.10 Å². The quantitative estimate of drug-likeness (QED) is 0.483. The number of nitrogens with one attached hydrogen (secondary N) is 1. The van der Waals surface area contributed by atoms with Crippen LogP contribution < -0.4 is 10.2 Å². The lowest BCUT2D eigenvalue weighted by Gasteiger charge is -2.24. The number of hydrogen-bond donors (Lipinski definition) is 1. The predicted octanol–water partition coefficient (Wildman–Crippen LogP) is 4.30. The summed E-state index contributed by atoms with van der Waals surface area (Å²) in [6.45, 7) is 6.85. The average molecular weight is 542 g/mol. The van der Waals surface area contributed by atoms with Crippen molar-refractivity contribution in [2.24, 2.45) is 0 Å². The molecule has 10 heteroatoms. The third-order valence-electron chi connectivity index (χ3n) is 6.24. The summed E-state index contributed by atoms with van der Waals surface area (Å²) in [6, 6.07) is 12.3. The number of halogens is 2. The Kier molecular flexibility index (Phi) is 8.22. The van der Waals surface area contributed by atoms with E-state index in [2.05, 4.69) is 5.32 Å². The molecule has 1 aliphatic heterocycles. The maximum absolute atomic E-state index is 15.2. The number of anilines is 1. The monoisotopic (exact) mass is 541 g/mol. The number of fused-ring (bicyclic) bond motifs is 1. The molecule has 0 saturated heterocycles. The van der Waals surface area contributed by atoms with Gasteiger partial charge in [0.2, 0.25) is 11.8 Å². The maximum Gasteiger partial charge on any atom is 0.240 e. The lowest BCUT2D eigenvalue weighted by molar-refractivity contribution is -0.122. The summed E-state index contributed by atoms with van der Waals surface area (Å²) in [4.78, 5) is 29.9. The first-order valence-electron chi connectivity index (χ1n) is 12.4. The van der Waals surface area contributed by atoms with Gasteiger partial charge in [0.05, 0.1) is 22.4 Å². The molecule has 0 bridgehead atoms. The summed E-state index contributed by atoms with van der Waals surface area (Å²) < 4.78 is 30.6. The molecule has 202 valence electrons. The Labute approximate surface area is 226 Å². The first-order valence-corrected chi connectivity index (χ1v) is 13.5. The highest BCUT2D eigenvalue weighted by molar-refractivity contribution is 8.00.